The molecule has 0 saturated carbocycles. The Balaban J connectivity index is 1.51. The van der Waals surface area contributed by atoms with Gasteiger partial charge in [0.15, 0.2) is 5.16 Å². The lowest BCUT2D eigenvalue weighted by Gasteiger charge is -2.14. The van der Waals surface area contributed by atoms with Gasteiger partial charge in [0.2, 0.25) is 5.91 Å². The predicted molar refractivity (Wildman–Crippen MR) is 123 cm³/mol. The Morgan fingerprint density at radius 2 is 1.93 bits per heavy atom. The number of anilines is 1. The summed E-state index contributed by atoms with van der Waals surface area (Å²) >= 11 is 7.36. The van der Waals surface area contributed by atoms with Crippen LogP contribution in [0.15, 0.2) is 59.8 Å². The molecule has 0 radical (unpaired) electrons. The maximum atomic E-state index is 12.7. The van der Waals surface area contributed by atoms with E-state index in [4.69, 9.17) is 16.7 Å². The summed E-state index contributed by atoms with van der Waals surface area (Å²) in [4.78, 5) is 20.3. The van der Waals surface area contributed by atoms with E-state index in [1.54, 1.807) is 10.7 Å². The predicted octanol–water partition coefficient (Wildman–Crippen LogP) is 5.43. The standard InChI is InChI=1S/C22H22ClN5OS/c1-22(2,3)18-12-19(28(27-18)15-7-5-4-6-8-15)26-20(29)13-30-21-24-16-10-9-14(23)11-17(16)25-21/h4-12H,13H2,1-3H3,(H,24,25)(H,26,29). The van der Waals surface area contributed by atoms with Crippen molar-refractivity contribution in [1.82, 2.24) is 19.7 Å². The molecule has 8 heteroatoms. The zero-order chi connectivity index (χ0) is 21.3. The number of para-hydroxylation sites is 1. The summed E-state index contributed by atoms with van der Waals surface area (Å²) in [6, 6.07) is 17.2. The molecular weight excluding hydrogens is 418 g/mol. The number of rotatable bonds is 5. The highest BCUT2D eigenvalue weighted by molar-refractivity contribution is 7.99. The number of amides is 1. The van der Waals surface area contributed by atoms with Gasteiger partial charge in [-0.2, -0.15) is 5.10 Å². The first-order valence-electron chi connectivity index (χ1n) is 9.53. The number of thioether (sulfide) groups is 1. The molecule has 1 amide bonds. The zero-order valence-corrected chi connectivity index (χ0v) is 18.5. The maximum Gasteiger partial charge on any atom is 0.236 e. The fraction of sp³-hybridized carbons (Fsp3) is 0.227. The SMILES string of the molecule is CC(C)(C)c1cc(NC(=O)CSc2nc3ccc(Cl)cc3[nH]2)n(-c2ccccc2)n1. The van der Waals surface area contributed by atoms with E-state index < -0.39 is 0 Å². The molecule has 30 heavy (non-hydrogen) atoms. The second kappa shape index (κ2) is 8.16. The second-order valence-electron chi connectivity index (χ2n) is 7.95. The van der Waals surface area contributed by atoms with Crippen molar-refractivity contribution in [3.63, 3.8) is 0 Å². The summed E-state index contributed by atoms with van der Waals surface area (Å²) < 4.78 is 1.77. The lowest BCUT2D eigenvalue weighted by molar-refractivity contribution is -0.113. The molecule has 0 fully saturated rings. The average molecular weight is 440 g/mol. The fourth-order valence-electron chi connectivity index (χ4n) is 2.94. The Morgan fingerprint density at radius 1 is 1.17 bits per heavy atom. The lowest BCUT2D eigenvalue weighted by Crippen LogP contribution is -2.17. The molecule has 0 spiro atoms. The minimum atomic E-state index is -0.135. The zero-order valence-electron chi connectivity index (χ0n) is 16.9. The van der Waals surface area contributed by atoms with Crippen LogP contribution in [0.4, 0.5) is 5.82 Å². The van der Waals surface area contributed by atoms with E-state index in [1.807, 2.05) is 48.5 Å². The van der Waals surface area contributed by atoms with Crippen molar-refractivity contribution < 1.29 is 4.79 Å². The number of aromatic nitrogens is 4. The number of hydrogen-bond donors (Lipinski definition) is 2. The number of carbonyl (C=O) groups is 1. The summed E-state index contributed by atoms with van der Waals surface area (Å²) in [7, 11) is 0. The molecule has 0 unspecified atom stereocenters. The van der Waals surface area contributed by atoms with E-state index in [2.05, 4.69) is 36.1 Å². The number of imidazole rings is 1. The molecule has 0 aliphatic heterocycles. The van der Waals surface area contributed by atoms with E-state index in [9.17, 15) is 4.79 Å². The summed E-state index contributed by atoms with van der Waals surface area (Å²) in [6.07, 6.45) is 0. The third-order valence-corrected chi connectivity index (χ3v) is 5.62. The molecule has 2 N–H and O–H groups in total. The van der Waals surface area contributed by atoms with Crippen molar-refractivity contribution in [2.45, 2.75) is 31.3 Å². The average Bonchev–Trinajstić information content (AvgIpc) is 3.30. The summed E-state index contributed by atoms with van der Waals surface area (Å²) in [5, 5.41) is 9.03. The van der Waals surface area contributed by atoms with E-state index in [0.29, 0.717) is 16.0 Å². The Bertz CT molecular complexity index is 1190. The van der Waals surface area contributed by atoms with Gasteiger partial charge in [-0.25, -0.2) is 9.67 Å². The molecule has 0 atom stereocenters. The third kappa shape index (κ3) is 4.52. The van der Waals surface area contributed by atoms with Gasteiger partial charge in [0.05, 0.1) is 28.2 Å². The molecule has 2 heterocycles. The minimum absolute atomic E-state index is 0.129. The maximum absolute atomic E-state index is 12.7. The quantitative estimate of drug-likeness (QED) is 0.406. The van der Waals surface area contributed by atoms with Gasteiger partial charge in [-0.1, -0.05) is 62.3 Å². The number of nitrogens with zero attached hydrogens (tertiary/aromatic N) is 3. The van der Waals surface area contributed by atoms with Crippen molar-refractivity contribution in [1.29, 1.82) is 0 Å². The number of fused-ring (bicyclic) bond motifs is 1. The van der Waals surface area contributed by atoms with Crippen LogP contribution in [0, 0.1) is 0 Å². The molecular formula is C22H22ClN5OS. The normalized spacial score (nSPS) is 11.7. The molecule has 0 aliphatic rings. The van der Waals surface area contributed by atoms with Crippen molar-refractivity contribution in [2.75, 3.05) is 11.1 Å². The van der Waals surface area contributed by atoms with Crippen molar-refractivity contribution >= 4 is 46.1 Å². The van der Waals surface area contributed by atoms with Crippen LogP contribution in [0.25, 0.3) is 16.7 Å². The van der Waals surface area contributed by atoms with E-state index in [-0.39, 0.29) is 17.1 Å². The summed E-state index contributed by atoms with van der Waals surface area (Å²) in [5.74, 6) is 0.738. The molecule has 2 aromatic carbocycles. The molecule has 154 valence electrons. The smallest absolute Gasteiger partial charge is 0.236 e. The Kier molecular flexibility index (Phi) is 5.58. The molecule has 6 nitrogen and oxygen atoms in total. The number of hydrogen-bond acceptors (Lipinski definition) is 4. The van der Waals surface area contributed by atoms with Gasteiger partial charge in [-0.15, -0.1) is 0 Å². The van der Waals surface area contributed by atoms with Gasteiger partial charge in [0.1, 0.15) is 5.82 Å². The number of nitrogens with one attached hydrogen (secondary N) is 2. The van der Waals surface area contributed by atoms with Crippen LogP contribution in [-0.2, 0) is 10.2 Å². The van der Waals surface area contributed by atoms with Crippen molar-refractivity contribution in [3.05, 3.63) is 65.3 Å². The summed E-state index contributed by atoms with van der Waals surface area (Å²) in [6.45, 7) is 6.29. The van der Waals surface area contributed by atoms with E-state index >= 15 is 0 Å². The van der Waals surface area contributed by atoms with Gasteiger partial charge in [0, 0.05) is 16.5 Å². The monoisotopic (exact) mass is 439 g/mol. The Morgan fingerprint density at radius 3 is 2.67 bits per heavy atom. The first-order valence-corrected chi connectivity index (χ1v) is 10.9. The molecule has 0 saturated heterocycles. The van der Waals surface area contributed by atoms with Gasteiger partial charge < -0.3 is 10.3 Å². The first kappa shape index (κ1) is 20.5. The van der Waals surface area contributed by atoms with E-state index in [1.165, 1.54) is 11.8 Å². The van der Waals surface area contributed by atoms with Crippen LogP contribution in [-0.4, -0.2) is 31.4 Å². The lowest BCUT2D eigenvalue weighted by atomic mass is 9.92. The molecule has 4 rings (SSSR count). The van der Waals surface area contributed by atoms with Crippen LogP contribution in [0.2, 0.25) is 5.02 Å². The largest absolute Gasteiger partial charge is 0.333 e. The number of halogens is 1. The number of H-pyrrole nitrogens is 1. The highest BCUT2D eigenvalue weighted by Gasteiger charge is 2.21. The van der Waals surface area contributed by atoms with Crippen molar-refractivity contribution in [3.8, 4) is 5.69 Å². The Labute approximate surface area is 184 Å². The number of aromatic amines is 1. The topological polar surface area (TPSA) is 75.6 Å². The first-order chi connectivity index (χ1) is 14.3. The van der Waals surface area contributed by atoms with Crippen LogP contribution < -0.4 is 5.32 Å². The van der Waals surface area contributed by atoms with Crippen LogP contribution in [0.5, 0.6) is 0 Å². The van der Waals surface area contributed by atoms with Crippen LogP contribution in [0.1, 0.15) is 26.5 Å². The van der Waals surface area contributed by atoms with Gasteiger partial charge in [-0.05, 0) is 30.3 Å². The highest BCUT2D eigenvalue weighted by Crippen LogP contribution is 2.27. The van der Waals surface area contributed by atoms with Crippen molar-refractivity contribution in [2.24, 2.45) is 0 Å². The minimum Gasteiger partial charge on any atom is -0.333 e. The third-order valence-electron chi connectivity index (χ3n) is 4.51. The van der Waals surface area contributed by atoms with Gasteiger partial charge in [-0.3, -0.25) is 4.79 Å². The van der Waals surface area contributed by atoms with E-state index in [0.717, 1.165) is 22.4 Å². The molecule has 2 aromatic heterocycles. The molecule has 4 aromatic rings. The second-order valence-corrected chi connectivity index (χ2v) is 9.35. The highest BCUT2D eigenvalue weighted by atomic mass is 35.5. The molecule has 0 aliphatic carbocycles. The van der Waals surface area contributed by atoms with Crippen LogP contribution in [0.3, 0.4) is 0 Å². The fourth-order valence-corrected chi connectivity index (χ4v) is 3.80. The summed E-state index contributed by atoms with van der Waals surface area (Å²) in [5.41, 5.74) is 3.33. The van der Waals surface area contributed by atoms with Crippen LogP contribution >= 0.6 is 23.4 Å². The number of carbonyl (C=O) groups excluding carboxylic acids is 1. The molecule has 0 bridgehead atoms. The number of benzene rings is 2. The van der Waals surface area contributed by atoms with Gasteiger partial charge in [0.25, 0.3) is 0 Å². The Hall–Kier alpha value is -2.77. The van der Waals surface area contributed by atoms with Gasteiger partial charge >= 0.3 is 0 Å².